The summed E-state index contributed by atoms with van der Waals surface area (Å²) in [5.74, 6) is 0.508. The zero-order valence-electron chi connectivity index (χ0n) is 9.75. The van der Waals surface area contributed by atoms with Crippen LogP contribution in [0.5, 0.6) is 0 Å². The molecule has 0 radical (unpaired) electrons. The van der Waals surface area contributed by atoms with E-state index in [0.29, 0.717) is 19.0 Å². The van der Waals surface area contributed by atoms with Gasteiger partial charge in [-0.15, -0.1) is 0 Å². The van der Waals surface area contributed by atoms with Crippen molar-refractivity contribution in [3.63, 3.8) is 0 Å². The Hall–Kier alpha value is -0.870. The summed E-state index contributed by atoms with van der Waals surface area (Å²) in [7, 11) is 0. The molecule has 1 aromatic heterocycles. The Kier molecular flexibility index (Phi) is 4.29. The highest BCUT2D eigenvalue weighted by Gasteiger charge is 2.20. The summed E-state index contributed by atoms with van der Waals surface area (Å²) in [5, 5.41) is 13.2. The van der Waals surface area contributed by atoms with Gasteiger partial charge in [-0.2, -0.15) is 0 Å². The van der Waals surface area contributed by atoms with Crippen molar-refractivity contribution >= 4 is 0 Å². The van der Waals surface area contributed by atoms with Gasteiger partial charge in [0.2, 0.25) is 0 Å². The number of rotatable bonds is 6. The highest BCUT2D eigenvalue weighted by molar-refractivity contribution is 4.93. The van der Waals surface area contributed by atoms with Crippen LogP contribution in [0.1, 0.15) is 32.9 Å². The summed E-state index contributed by atoms with van der Waals surface area (Å²) in [4.78, 5) is 6.94. The van der Waals surface area contributed by atoms with E-state index < -0.39 is 5.60 Å². The summed E-state index contributed by atoms with van der Waals surface area (Å²) >= 11 is 0. The highest BCUT2D eigenvalue weighted by Crippen LogP contribution is 2.15. The van der Waals surface area contributed by atoms with Gasteiger partial charge in [-0.25, -0.2) is 4.98 Å². The third-order valence-corrected chi connectivity index (χ3v) is 2.22. The van der Waals surface area contributed by atoms with Gasteiger partial charge in [-0.1, -0.05) is 13.8 Å². The molecule has 3 N–H and O–H groups in total. The minimum Gasteiger partial charge on any atom is -0.389 e. The number of aliphatic hydroxyl groups is 1. The lowest BCUT2D eigenvalue weighted by Crippen LogP contribution is -2.38. The molecule has 0 saturated carbocycles. The second-order valence-electron chi connectivity index (χ2n) is 4.78. The predicted molar refractivity (Wildman–Crippen MR) is 60.4 cm³/mol. The van der Waals surface area contributed by atoms with Gasteiger partial charge >= 0.3 is 0 Å². The summed E-state index contributed by atoms with van der Waals surface area (Å²) < 4.78 is 0. The second-order valence-corrected chi connectivity index (χ2v) is 4.78. The Balaban J connectivity index is 2.24. The van der Waals surface area contributed by atoms with Crippen LogP contribution >= 0.6 is 0 Å². The van der Waals surface area contributed by atoms with Crippen molar-refractivity contribution in [2.45, 2.75) is 39.3 Å². The van der Waals surface area contributed by atoms with Crippen molar-refractivity contribution in [3.8, 4) is 0 Å². The molecular weight excluding hydrogens is 190 g/mol. The molecule has 15 heavy (non-hydrogen) atoms. The first-order valence-corrected chi connectivity index (χ1v) is 5.40. The van der Waals surface area contributed by atoms with E-state index in [4.69, 9.17) is 0 Å². The quantitative estimate of drug-likeness (QED) is 0.664. The maximum atomic E-state index is 10.0. The molecule has 0 fully saturated rings. The van der Waals surface area contributed by atoms with Crippen molar-refractivity contribution in [2.24, 2.45) is 5.92 Å². The van der Waals surface area contributed by atoms with Crippen LogP contribution in [0.4, 0.5) is 0 Å². The van der Waals surface area contributed by atoms with E-state index >= 15 is 0 Å². The molecule has 1 atom stereocenters. The van der Waals surface area contributed by atoms with Crippen LogP contribution in [0, 0.1) is 5.92 Å². The Labute approximate surface area is 91.1 Å². The third kappa shape index (κ3) is 4.95. The molecule has 0 aromatic carbocycles. The second kappa shape index (κ2) is 5.28. The minimum atomic E-state index is -0.631. The maximum Gasteiger partial charge on any atom is 0.0922 e. The minimum absolute atomic E-state index is 0.508. The van der Waals surface area contributed by atoms with Gasteiger partial charge in [-0.3, -0.25) is 0 Å². The fourth-order valence-corrected chi connectivity index (χ4v) is 1.80. The van der Waals surface area contributed by atoms with Gasteiger partial charge in [0, 0.05) is 25.0 Å². The Morgan fingerprint density at radius 1 is 1.60 bits per heavy atom. The molecule has 1 unspecified atom stereocenters. The van der Waals surface area contributed by atoms with E-state index in [0.717, 1.165) is 12.1 Å². The molecule has 4 nitrogen and oxygen atoms in total. The van der Waals surface area contributed by atoms with Crippen molar-refractivity contribution in [2.75, 3.05) is 6.54 Å². The van der Waals surface area contributed by atoms with Crippen LogP contribution in [0.2, 0.25) is 0 Å². The first-order valence-electron chi connectivity index (χ1n) is 5.40. The molecule has 1 heterocycles. The Morgan fingerprint density at radius 3 is 2.87 bits per heavy atom. The van der Waals surface area contributed by atoms with Crippen molar-refractivity contribution < 1.29 is 5.11 Å². The number of aromatic nitrogens is 2. The Bertz CT molecular complexity index is 267. The smallest absolute Gasteiger partial charge is 0.0922 e. The number of hydrogen-bond acceptors (Lipinski definition) is 3. The SMILES string of the molecule is CC(C)CC(C)(O)CNCc1cnc[nH]1. The van der Waals surface area contributed by atoms with E-state index in [2.05, 4.69) is 29.1 Å². The lowest BCUT2D eigenvalue weighted by Gasteiger charge is -2.25. The number of nitrogens with zero attached hydrogens (tertiary/aromatic N) is 1. The molecule has 0 saturated heterocycles. The zero-order valence-corrected chi connectivity index (χ0v) is 9.75. The van der Waals surface area contributed by atoms with Crippen LogP contribution in [-0.4, -0.2) is 27.2 Å². The van der Waals surface area contributed by atoms with E-state index in [1.165, 1.54) is 0 Å². The molecule has 1 rings (SSSR count). The summed E-state index contributed by atoms with van der Waals surface area (Å²) in [6, 6.07) is 0. The van der Waals surface area contributed by atoms with Crippen LogP contribution in [0.25, 0.3) is 0 Å². The maximum absolute atomic E-state index is 10.0. The molecule has 1 aromatic rings. The average molecular weight is 211 g/mol. The van der Waals surface area contributed by atoms with Crippen LogP contribution < -0.4 is 5.32 Å². The van der Waals surface area contributed by atoms with Gasteiger partial charge < -0.3 is 15.4 Å². The zero-order chi connectivity index (χ0) is 11.3. The van der Waals surface area contributed by atoms with Gasteiger partial charge in [-0.05, 0) is 19.3 Å². The van der Waals surface area contributed by atoms with Crippen molar-refractivity contribution in [3.05, 3.63) is 18.2 Å². The molecule has 0 aliphatic rings. The molecular formula is C11H21N3O. The highest BCUT2D eigenvalue weighted by atomic mass is 16.3. The van der Waals surface area contributed by atoms with E-state index in [1.54, 1.807) is 12.5 Å². The van der Waals surface area contributed by atoms with Crippen LogP contribution in [0.3, 0.4) is 0 Å². The normalized spacial score (nSPS) is 15.5. The van der Waals surface area contributed by atoms with Crippen LogP contribution in [-0.2, 0) is 6.54 Å². The van der Waals surface area contributed by atoms with Gasteiger partial charge in [0.1, 0.15) is 0 Å². The van der Waals surface area contributed by atoms with Crippen LogP contribution in [0.15, 0.2) is 12.5 Å². The molecule has 0 spiro atoms. The summed E-state index contributed by atoms with van der Waals surface area (Å²) in [5.41, 5.74) is 0.407. The fraction of sp³-hybridized carbons (Fsp3) is 0.727. The van der Waals surface area contributed by atoms with E-state index in [-0.39, 0.29) is 0 Å². The summed E-state index contributed by atoms with van der Waals surface area (Å²) in [6.07, 6.45) is 4.25. The summed E-state index contributed by atoms with van der Waals surface area (Å²) in [6.45, 7) is 7.41. The number of hydrogen-bond donors (Lipinski definition) is 3. The predicted octanol–water partition coefficient (Wildman–Crippen LogP) is 1.30. The standard InChI is InChI=1S/C11H21N3O/c1-9(2)4-11(3,15)7-12-5-10-6-13-8-14-10/h6,8-9,12,15H,4-5,7H2,1-3H3,(H,13,14). The molecule has 4 heteroatoms. The number of imidazole rings is 1. The average Bonchev–Trinajstić information content (AvgIpc) is 2.53. The number of aromatic amines is 1. The number of nitrogens with one attached hydrogen (secondary N) is 2. The lowest BCUT2D eigenvalue weighted by molar-refractivity contribution is 0.0383. The van der Waals surface area contributed by atoms with Crippen molar-refractivity contribution in [1.29, 1.82) is 0 Å². The van der Waals surface area contributed by atoms with Crippen molar-refractivity contribution in [1.82, 2.24) is 15.3 Å². The number of H-pyrrole nitrogens is 1. The first-order chi connectivity index (χ1) is 6.99. The van der Waals surface area contributed by atoms with E-state index in [1.807, 2.05) is 6.92 Å². The monoisotopic (exact) mass is 211 g/mol. The molecule has 0 bridgehead atoms. The van der Waals surface area contributed by atoms with Gasteiger partial charge in [0.05, 0.1) is 11.9 Å². The fourth-order valence-electron chi connectivity index (χ4n) is 1.80. The lowest BCUT2D eigenvalue weighted by atomic mass is 9.94. The molecule has 0 aliphatic carbocycles. The van der Waals surface area contributed by atoms with Gasteiger partial charge in [0.15, 0.2) is 0 Å². The molecule has 0 amide bonds. The largest absolute Gasteiger partial charge is 0.389 e. The van der Waals surface area contributed by atoms with E-state index in [9.17, 15) is 5.11 Å². The Morgan fingerprint density at radius 2 is 2.33 bits per heavy atom. The first kappa shape index (κ1) is 12.2. The topological polar surface area (TPSA) is 60.9 Å². The molecule has 86 valence electrons. The van der Waals surface area contributed by atoms with Gasteiger partial charge in [0.25, 0.3) is 0 Å². The third-order valence-electron chi connectivity index (χ3n) is 2.22. The molecule has 0 aliphatic heterocycles.